The van der Waals surface area contributed by atoms with Crippen LogP contribution in [0.15, 0.2) is 23.2 Å². The third-order valence-corrected chi connectivity index (χ3v) is 3.45. The average molecular weight is 307 g/mol. The van der Waals surface area contributed by atoms with Crippen LogP contribution in [0.4, 0.5) is 16.2 Å². The summed E-state index contributed by atoms with van der Waals surface area (Å²) in [5, 5.41) is 14.4. The molecule has 0 spiro atoms. The van der Waals surface area contributed by atoms with Crippen molar-refractivity contribution in [2.45, 2.75) is 25.6 Å². The second-order valence-electron chi connectivity index (χ2n) is 4.97. The van der Waals surface area contributed by atoms with Crippen LogP contribution < -0.4 is 10.6 Å². The van der Waals surface area contributed by atoms with Crippen molar-refractivity contribution in [3.8, 4) is 0 Å². The van der Waals surface area contributed by atoms with Crippen LogP contribution in [0.25, 0.3) is 0 Å². The Bertz CT molecular complexity index is 556. The first-order chi connectivity index (χ1) is 10.6. The molecule has 0 radical (unpaired) electrons. The summed E-state index contributed by atoms with van der Waals surface area (Å²) in [4.78, 5) is 15.3. The molecule has 1 aromatic carbocycles. The Hall–Kier alpha value is -2.12. The van der Waals surface area contributed by atoms with Crippen LogP contribution in [-0.2, 0) is 15.9 Å². The first-order valence-electron chi connectivity index (χ1n) is 7.12. The molecule has 1 aromatic rings. The van der Waals surface area contributed by atoms with Gasteiger partial charge in [0.05, 0.1) is 12.2 Å². The highest BCUT2D eigenvalue weighted by Crippen LogP contribution is 2.28. The van der Waals surface area contributed by atoms with Crippen LogP contribution >= 0.6 is 0 Å². The summed E-state index contributed by atoms with van der Waals surface area (Å²) in [5.41, 5.74) is 2.42. The molecule has 0 unspecified atom stereocenters. The van der Waals surface area contributed by atoms with Gasteiger partial charge < -0.3 is 19.9 Å². The number of aryl methyl sites for hydroxylation is 1. The Labute approximate surface area is 129 Å². The first kappa shape index (κ1) is 16.3. The number of benzene rings is 1. The van der Waals surface area contributed by atoms with Crippen molar-refractivity contribution in [2.24, 2.45) is 4.99 Å². The van der Waals surface area contributed by atoms with Gasteiger partial charge in [-0.05, 0) is 30.5 Å². The molecule has 1 aliphatic rings. The lowest BCUT2D eigenvalue weighted by Crippen LogP contribution is -2.34. The summed E-state index contributed by atoms with van der Waals surface area (Å²) in [6, 6.07) is 5.42. The molecule has 0 saturated heterocycles. The van der Waals surface area contributed by atoms with Gasteiger partial charge in [0.1, 0.15) is 5.84 Å². The molecule has 0 saturated carbocycles. The fraction of sp³-hybridized carbons (Fsp3) is 0.467. The van der Waals surface area contributed by atoms with E-state index in [9.17, 15) is 4.79 Å². The van der Waals surface area contributed by atoms with Crippen LogP contribution in [0.2, 0.25) is 0 Å². The first-order valence-corrected chi connectivity index (χ1v) is 7.12. The molecule has 0 aromatic heterocycles. The highest BCUT2D eigenvalue weighted by atomic mass is 16.7. The molecule has 0 atom stereocenters. The fourth-order valence-electron chi connectivity index (χ4n) is 2.32. The molecule has 7 nitrogen and oxygen atoms in total. The van der Waals surface area contributed by atoms with E-state index in [0.29, 0.717) is 12.2 Å². The van der Waals surface area contributed by atoms with Gasteiger partial charge in [-0.3, -0.25) is 5.32 Å². The zero-order chi connectivity index (χ0) is 15.9. The van der Waals surface area contributed by atoms with E-state index in [0.717, 1.165) is 36.3 Å². The van der Waals surface area contributed by atoms with Crippen molar-refractivity contribution >= 4 is 23.3 Å². The number of aliphatic imine (C=N–C) groups is 1. The summed E-state index contributed by atoms with van der Waals surface area (Å²) >= 11 is 0. The molecular formula is C15H21N3O4. The minimum atomic E-state index is -1.08. The van der Waals surface area contributed by atoms with Crippen molar-refractivity contribution in [3.63, 3.8) is 0 Å². The quantitative estimate of drug-likeness (QED) is 0.726. The topological polar surface area (TPSA) is 92.2 Å². The fourth-order valence-corrected chi connectivity index (χ4v) is 2.32. The number of amides is 1. The van der Waals surface area contributed by atoms with Gasteiger partial charge >= 0.3 is 6.09 Å². The maximum Gasteiger partial charge on any atom is 0.409 e. The number of nitrogens with zero attached hydrogens (tertiary/aromatic N) is 1. The largest absolute Gasteiger partial charge is 0.465 e. The van der Waals surface area contributed by atoms with Crippen molar-refractivity contribution < 1.29 is 19.4 Å². The third-order valence-electron chi connectivity index (χ3n) is 3.45. The van der Waals surface area contributed by atoms with Gasteiger partial charge in [0, 0.05) is 26.3 Å². The SMILES string of the molecule is COC(CNC1=Nc2cc(NC(=O)O)ccc2CCC1)OC. The maximum absolute atomic E-state index is 10.7. The normalized spacial score (nSPS) is 14.0. The van der Waals surface area contributed by atoms with Crippen molar-refractivity contribution in [1.29, 1.82) is 0 Å². The van der Waals surface area contributed by atoms with Gasteiger partial charge in [-0.15, -0.1) is 0 Å². The van der Waals surface area contributed by atoms with Crippen molar-refractivity contribution in [3.05, 3.63) is 23.8 Å². The van der Waals surface area contributed by atoms with Gasteiger partial charge in [-0.25, -0.2) is 9.79 Å². The minimum absolute atomic E-state index is 0.328. The van der Waals surface area contributed by atoms with Gasteiger partial charge in [-0.1, -0.05) is 6.07 Å². The molecule has 3 N–H and O–H groups in total. The van der Waals surface area contributed by atoms with Crippen LogP contribution in [0.5, 0.6) is 0 Å². The van der Waals surface area contributed by atoms with Crippen molar-refractivity contribution in [1.82, 2.24) is 5.32 Å². The number of carbonyl (C=O) groups is 1. The summed E-state index contributed by atoms with van der Waals surface area (Å²) in [6.45, 7) is 0.508. The number of anilines is 1. The van der Waals surface area contributed by atoms with Gasteiger partial charge in [-0.2, -0.15) is 0 Å². The molecular weight excluding hydrogens is 286 g/mol. The molecule has 0 fully saturated rings. The molecule has 7 heteroatoms. The van der Waals surface area contributed by atoms with Gasteiger partial charge in [0.2, 0.25) is 0 Å². The molecule has 1 aliphatic heterocycles. The molecule has 0 aliphatic carbocycles. The molecule has 22 heavy (non-hydrogen) atoms. The van der Waals surface area contributed by atoms with E-state index < -0.39 is 6.09 Å². The number of hydrogen-bond acceptors (Lipinski definition) is 5. The van der Waals surface area contributed by atoms with Crippen LogP contribution in [0.3, 0.4) is 0 Å². The number of nitrogens with one attached hydrogen (secondary N) is 2. The van der Waals surface area contributed by atoms with E-state index >= 15 is 0 Å². The van der Waals surface area contributed by atoms with E-state index in [1.54, 1.807) is 26.4 Å². The second kappa shape index (κ2) is 7.77. The summed E-state index contributed by atoms with van der Waals surface area (Å²) in [5.74, 6) is 0.852. The number of rotatable bonds is 5. The van der Waals surface area contributed by atoms with E-state index in [-0.39, 0.29) is 6.29 Å². The molecule has 0 bridgehead atoms. The number of fused-ring (bicyclic) bond motifs is 1. The lowest BCUT2D eigenvalue weighted by atomic mass is 10.1. The van der Waals surface area contributed by atoms with E-state index in [4.69, 9.17) is 14.6 Å². The van der Waals surface area contributed by atoms with Gasteiger partial charge in [0.15, 0.2) is 6.29 Å². The monoisotopic (exact) mass is 307 g/mol. The number of ether oxygens (including phenoxy) is 2. The zero-order valence-corrected chi connectivity index (χ0v) is 12.8. The number of carboxylic acid groups (broad SMARTS) is 1. The second-order valence-corrected chi connectivity index (χ2v) is 4.97. The van der Waals surface area contributed by atoms with E-state index in [2.05, 4.69) is 15.6 Å². The van der Waals surface area contributed by atoms with Crippen LogP contribution in [0.1, 0.15) is 18.4 Å². The lowest BCUT2D eigenvalue weighted by Gasteiger charge is -2.15. The number of amidine groups is 1. The van der Waals surface area contributed by atoms with Crippen LogP contribution in [0, 0.1) is 0 Å². The summed E-state index contributed by atoms with van der Waals surface area (Å²) < 4.78 is 10.3. The minimum Gasteiger partial charge on any atom is -0.465 e. The Morgan fingerprint density at radius 3 is 2.82 bits per heavy atom. The predicted molar refractivity (Wildman–Crippen MR) is 83.9 cm³/mol. The van der Waals surface area contributed by atoms with Crippen molar-refractivity contribution in [2.75, 3.05) is 26.1 Å². The summed E-state index contributed by atoms with van der Waals surface area (Å²) in [7, 11) is 3.17. The Morgan fingerprint density at radius 2 is 2.14 bits per heavy atom. The molecule has 1 amide bonds. The standard InChI is InChI=1S/C15H21N3O4/c1-21-14(22-2)9-16-13-5-3-4-10-6-7-11(17-15(19)20)8-12(10)18-13/h6-8,14,17H,3-5,9H2,1-2H3,(H,16,18)(H,19,20). The highest BCUT2D eigenvalue weighted by molar-refractivity contribution is 5.88. The van der Waals surface area contributed by atoms with E-state index in [1.807, 2.05) is 6.07 Å². The van der Waals surface area contributed by atoms with Crippen LogP contribution in [-0.4, -0.2) is 44.1 Å². The number of hydrogen-bond donors (Lipinski definition) is 3. The van der Waals surface area contributed by atoms with Gasteiger partial charge in [0.25, 0.3) is 0 Å². The Balaban J connectivity index is 2.13. The Morgan fingerprint density at radius 1 is 1.36 bits per heavy atom. The lowest BCUT2D eigenvalue weighted by molar-refractivity contribution is -0.0965. The molecule has 1 heterocycles. The average Bonchev–Trinajstić information content (AvgIpc) is 2.69. The molecule has 2 rings (SSSR count). The van der Waals surface area contributed by atoms with E-state index in [1.165, 1.54) is 0 Å². The molecule has 120 valence electrons. The Kier molecular flexibility index (Phi) is 5.74. The smallest absolute Gasteiger partial charge is 0.409 e. The zero-order valence-electron chi connectivity index (χ0n) is 12.8. The third kappa shape index (κ3) is 4.44. The predicted octanol–water partition coefficient (Wildman–Crippen LogP) is 2.35. The maximum atomic E-state index is 10.7. The summed E-state index contributed by atoms with van der Waals surface area (Å²) in [6.07, 6.45) is 1.31. The highest BCUT2D eigenvalue weighted by Gasteiger charge is 2.13. The number of methoxy groups -OCH3 is 2.